The van der Waals surface area contributed by atoms with E-state index in [0.29, 0.717) is 11.2 Å². The highest BCUT2D eigenvalue weighted by atomic mass is 32.2. The minimum atomic E-state index is -0.441. The third kappa shape index (κ3) is 3.11. The molecule has 1 fully saturated rings. The molecule has 0 aromatic rings. The number of carbonyl (C=O) groups excluding carboxylic acids is 1. The fourth-order valence-electron chi connectivity index (χ4n) is 1.83. The van der Waals surface area contributed by atoms with Crippen molar-refractivity contribution in [1.29, 1.82) is 0 Å². The summed E-state index contributed by atoms with van der Waals surface area (Å²) < 4.78 is 4.90. The summed E-state index contributed by atoms with van der Waals surface area (Å²) in [5.41, 5.74) is -0.441. The summed E-state index contributed by atoms with van der Waals surface area (Å²) in [6.45, 7) is 7.31. The van der Waals surface area contributed by atoms with Crippen molar-refractivity contribution in [2.75, 3.05) is 19.4 Å². The summed E-state index contributed by atoms with van der Waals surface area (Å²) in [6, 6.07) is 0. The van der Waals surface area contributed by atoms with Crippen molar-refractivity contribution in [2.24, 2.45) is 5.92 Å². The Morgan fingerprint density at radius 2 is 2.33 bits per heavy atom. The van der Waals surface area contributed by atoms with E-state index in [-0.39, 0.29) is 5.97 Å². The largest absolute Gasteiger partial charge is 0.468 e. The second-order valence-corrected chi connectivity index (χ2v) is 6.10. The van der Waals surface area contributed by atoms with Crippen LogP contribution in [-0.2, 0) is 9.53 Å². The van der Waals surface area contributed by atoms with Crippen molar-refractivity contribution < 1.29 is 9.53 Å². The first-order valence-corrected chi connectivity index (χ1v) is 6.50. The van der Waals surface area contributed by atoms with Crippen molar-refractivity contribution in [3.05, 3.63) is 0 Å². The van der Waals surface area contributed by atoms with Gasteiger partial charge in [-0.3, -0.25) is 4.79 Å². The van der Waals surface area contributed by atoms with Crippen molar-refractivity contribution in [3.63, 3.8) is 0 Å². The molecule has 2 unspecified atom stereocenters. The third-order valence-corrected chi connectivity index (χ3v) is 4.07. The zero-order chi connectivity index (χ0) is 11.5. The summed E-state index contributed by atoms with van der Waals surface area (Å²) in [5.74, 6) is 1.26. The molecule has 0 aromatic heterocycles. The molecule has 0 spiro atoms. The van der Waals surface area contributed by atoms with E-state index >= 15 is 0 Å². The van der Waals surface area contributed by atoms with E-state index in [1.54, 1.807) is 0 Å². The van der Waals surface area contributed by atoms with Crippen LogP contribution in [0.2, 0.25) is 0 Å². The smallest absolute Gasteiger partial charge is 0.326 e. The van der Waals surface area contributed by atoms with E-state index in [1.807, 2.05) is 11.8 Å². The highest BCUT2D eigenvalue weighted by molar-refractivity contribution is 8.00. The topological polar surface area (TPSA) is 38.3 Å². The Hall–Kier alpha value is -0.220. The number of rotatable bonds is 4. The summed E-state index contributed by atoms with van der Waals surface area (Å²) in [5, 5.41) is 3.91. The molecular weight excluding hydrogens is 210 g/mol. The number of hydrogen-bond donors (Lipinski definition) is 1. The molecule has 0 amide bonds. The highest BCUT2D eigenvalue weighted by Crippen LogP contribution is 2.35. The Kier molecular flexibility index (Phi) is 4.46. The van der Waals surface area contributed by atoms with E-state index in [4.69, 9.17) is 4.74 Å². The molecule has 0 aliphatic carbocycles. The van der Waals surface area contributed by atoms with Crippen molar-refractivity contribution in [2.45, 2.75) is 38.0 Å². The van der Waals surface area contributed by atoms with Crippen LogP contribution in [0.15, 0.2) is 0 Å². The Balaban J connectivity index is 2.65. The SMILES string of the molecule is COC(=O)C1(NCC(C)C)CSC(C)C1. The fourth-order valence-corrected chi connectivity index (χ4v) is 3.13. The molecule has 1 rings (SSSR count). The Labute approximate surface area is 96.3 Å². The lowest BCUT2D eigenvalue weighted by Gasteiger charge is -2.27. The molecule has 1 N–H and O–H groups in total. The molecule has 0 bridgehead atoms. The third-order valence-electron chi connectivity index (χ3n) is 2.68. The zero-order valence-electron chi connectivity index (χ0n) is 10.0. The van der Waals surface area contributed by atoms with Gasteiger partial charge in [-0.1, -0.05) is 20.8 Å². The van der Waals surface area contributed by atoms with Crippen LogP contribution in [-0.4, -0.2) is 36.2 Å². The molecule has 4 heteroatoms. The van der Waals surface area contributed by atoms with Gasteiger partial charge in [0, 0.05) is 11.0 Å². The van der Waals surface area contributed by atoms with Gasteiger partial charge in [-0.25, -0.2) is 0 Å². The normalized spacial score (nSPS) is 30.9. The summed E-state index contributed by atoms with van der Waals surface area (Å²) in [6.07, 6.45) is 0.872. The van der Waals surface area contributed by atoms with Crippen molar-refractivity contribution >= 4 is 17.7 Å². The number of hydrogen-bond acceptors (Lipinski definition) is 4. The minimum absolute atomic E-state index is 0.111. The number of thioether (sulfide) groups is 1. The molecular formula is C11H21NO2S. The van der Waals surface area contributed by atoms with Crippen LogP contribution in [0.4, 0.5) is 0 Å². The van der Waals surface area contributed by atoms with E-state index in [9.17, 15) is 4.79 Å². The molecule has 2 atom stereocenters. The molecule has 1 aliphatic heterocycles. The second-order valence-electron chi connectivity index (χ2n) is 4.67. The molecule has 1 aliphatic rings. The zero-order valence-corrected chi connectivity index (χ0v) is 10.8. The molecule has 88 valence electrons. The van der Waals surface area contributed by atoms with Crippen LogP contribution in [0, 0.1) is 5.92 Å². The van der Waals surface area contributed by atoms with Gasteiger partial charge in [-0.05, 0) is 18.9 Å². The fraction of sp³-hybridized carbons (Fsp3) is 0.909. The van der Waals surface area contributed by atoms with Crippen LogP contribution in [0.25, 0.3) is 0 Å². The van der Waals surface area contributed by atoms with Gasteiger partial charge in [0.05, 0.1) is 7.11 Å². The number of ether oxygens (including phenoxy) is 1. The summed E-state index contributed by atoms with van der Waals surface area (Å²) in [7, 11) is 1.47. The van der Waals surface area contributed by atoms with Crippen LogP contribution in [0.5, 0.6) is 0 Å². The van der Waals surface area contributed by atoms with E-state index in [2.05, 4.69) is 26.1 Å². The van der Waals surface area contributed by atoms with E-state index in [1.165, 1.54) is 7.11 Å². The van der Waals surface area contributed by atoms with Crippen LogP contribution in [0.3, 0.4) is 0 Å². The van der Waals surface area contributed by atoms with Crippen LogP contribution in [0.1, 0.15) is 27.2 Å². The first-order valence-electron chi connectivity index (χ1n) is 5.45. The molecule has 0 saturated carbocycles. The molecule has 15 heavy (non-hydrogen) atoms. The maximum atomic E-state index is 11.8. The average Bonchev–Trinajstić information content (AvgIpc) is 2.57. The molecule has 0 radical (unpaired) electrons. The predicted molar refractivity (Wildman–Crippen MR) is 64.1 cm³/mol. The first kappa shape index (κ1) is 12.8. The predicted octanol–water partition coefficient (Wildman–Crippen LogP) is 1.67. The number of esters is 1. The lowest BCUT2D eigenvalue weighted by Crippen LogP contribution is -2.54. The Bertz CT molecular complexity index is 233. The second kappa shape index (κ2) is 5.21. The van der Waals surface area contributed by atoms with Gasteiger partial charge in [0.2, 0.25) is 0 Å². The highest BCUT2D eigenvalue weighted by Gasteiger charge is 2.45. The van der Waals surface area contributed by atoms with E-state index in [0.717, 1.165) is 18.7 Å². The van der Waals surface area contributed by atoms with Gasteiger partial charge in [0.25, 0.3) is 0 Å². The minimum Gasteiger partial charge on any atom is -0.468 e. The lowest BCUT2D eigenvalue weighted by molar-refractivity contribution is -0.147. The van der Waals surface area contributed by atoms with Crippen molar-refractivity contribution in [3.8, 4) is 0 Å². The maximum Gasteiger partial charge on any atom is 0.326 e. The number of nitrogens with one attached hydrogen (secondary N) is 1. The van der Waals surface area contributed by atoms with Gasteiger partial charge in [-0.2, -0.15) is 11.8 Å². The quantitative estimate of drug-likeness (QED) is 0.747. The van der Waals surface area contributed by atoms with Gasteiger partial charge >= 0.3 is 5.97 Å². The van der Waals surface area contributed by atoms with Crippen LogP contribution < -0.4 is 5.32 Å². The number of methoxy groups -OCH3 is 1. The van der Waals surface area contributed by atoms with Gasteiger partial charge < -0.3 is 10.1 Å². The van der Waals surface area contributed by atoms with Crippen molar-refractivity contribution in [1.82, 2.24) is 5.32 Å². The van der Waals surface area contributed by atoms with Crippen LogP contribution >= 0.6 is 11.8 Å². The molecule has 1 heterocycles. The Morgan fingerprint density at radius 3 is 2.73 bits per heavy atom. The summed E-state index contributed by atoms with van der Waals surface area (Å²) in [4.78, 5) is 11.8. The molecule has 3 nitrogen and oxygen atoms in total. The van der Waals surface area contributed by atoms with E-state index < -0.39 is 5.54 Å². The lowest BCUT2D eigenvalue weighted by atomic mass is 9.95. The Morgan fingerprint density at radius 1 is 1.67 bits per heavy atom. The molecule has 1 saturated heterocycles. The number of carbonyl (C=O) groups is 1. The standard InChI is InChI=1S/C11H21NO2S/c1-8(2)6-12-11(10(13)14-4)5-9(3)15-7-11/h8-9,12H,5-7H2,1-4H3. The molecule has 0 aromatic carbocycles. The maximum absolute atomic E-state index is 11.8. The average molecular weight is 231 g/mol. The summed E-state index contributed by atoms with van der Waals surface area (Å²) >= 11 is 1.84. The van der Waals surface area contributed by atoms with Gasteiger partial charge in [0.15, 0.2) is 0 Å². The first-order chi connectivity index (χ1) is 7.00. The van der Waals surface area contributed by atoms with Gasteiger partial charge in [-0.15, -0.1) is 0 Å². The monoisotopic (exact) mass is 231 g/mol. The van der Waals surface area contributed by atoms with Gasteiger partial charge in [0.1, 0.15) is 5.54 Å².